The summed E-state index contributed by atoms with van der Waals surface area (Å²) in [6, 6.07) is 7.47. The van der Waals surface area contributed by atoms with Gasteiger partial charge in [0, 0.05) is 24.8 Å². The average molecular weight is 302 g/mol. The molecule has 2 aromatic rings. The molecule has 1 amide bonds. The Hall–Kier alpha value is -2.28. The minimum atomic E-state index is -0.525. The molecule has 0 aliphatic carbocycles. The van der Waals surface area contributed by atoms with Gasteiger partial charge in [-0.1, -0.05) is 26.0 Å². The summed E-state index contributed by atoms with van der Waals surface area (Å²) in [5.74, 6) is 0.598. The van der Waals surface area contributed by atoms with Crippen molar-refractivity contribution in [2.75, 3.05) is 11.9 Å². The van der Waals surface area contributed by atoms with Crippen LogP contribution in [0, 0.1) is 5.41 Å². The summed E-state index contributed by atoms with van der Waals surface area (Å²) < 4.78 is 1.59. The zero-order valence-electron chi connectivity index (χ0n) is 13.2. The van der Waals surface area contributed by atoms with E-state index in [0.717, 1.165) is 5.56 Å². The Bertz CT molecular complexity index is 639. The number of aromatic nitrogens is 4. The number of nitrogens with two attached hydrogens (primary N) is 1. The maximum atomic E-state index is 12.6. The fourth-order valence-electron chi connectivity index (χ4n) is 2.43. The van der Waals surface area contributed by atoms with Crippen molar-refractivity contribution in [3.05, 3.63) is 24.3 Å². The number of nitrogens with zero attached hydrogens (tertiary/aromatic N) is 4. The topological polar surface area (TPSA) is 98.7 Å². The molecule has 22 heavy (non-hydrogen) atoms. The number of amides is 1. The summed E-state index contributed by atoms with van der Waals surface area (Å²) in [7, 11) is 1.77. The molecule has 2 rings (SSSR count). The van der Waals surface area contributed by atoms with Gasteiger partial charge >= 0.3 is 0 Å². The van der Waals surface area contributed by atoms with E-state index in [1.54, 1.807) is 11.7 Å². The first-order valence-corrected chi connectivity index (χ1v) is 7.40. The van der Waals surface area contributed by atoms with Gasteiger partial charge in [-0.25, -0.2) is 4.68 Å². The Kier molecular flexibility index (Phi) is 4.87. The van der Waals surface area contributed by atoms with E-state index in [1.165, 1.54) is 0 Å². The molecule has 7 nitrogen and oxygen atoms in total. The summed E-state index contributed by atoms with van der Waals surface area (Å²) >= 11 is 0. The van der Waals surface area contributed by atoms with Crippen LogP contribution in [-0.4, -0.2) is 32.7 Å². The number of hydrogen-bond donors (Lipinski definition) is 2. The zero-order chi connectivity index (χ0) is 16.2. The molecular formula is C15H22N6O. The minimum Gasteiger partial charge on any atom is -0.329 e. The minimum absolute atomic E-state index is 0.0479. The third-order valence-electron chi connectivity index (χ3n) is 4.22. The number of benzene rings is 1. The zero-order valence-corrected chi connectivity index (χ0v) is 13.2. The van der Waals surface area contributed by atoms with Crippen LogP contribution in [0.25, 0.3) is 11.4 Å². The molecule has 0 radical (unpaired) electrons. The molecule has 0 saturated carbocycles. The van der Waals surface area contributed by atoms with E-state index in [4.69, 9.17) is 5.73 Å². The van der Waals surface area contributed by atoms with Crippen molar-refractivity contribution < 1.29 is 4.79 Å². The smallest absolute Gasteiger partial charge is 0.231 e. The lowest BCUT2D eigenvalue weighted by atomic mass is 9.81. The first-order chi connectivity index (χ1) is 10.6. The summed E-state index contributed by atoms with van der Waals surface area (Å²) in [6.45, 7) is 4.30. The van der Waals surface area contributed by atoms with Crippen molar-refractivity contribution in [2.45, 2.75) is 26.7 Å². The molecule has 0 fully saturated rings. The van der Waals surface area contributed by atoms with Crippen LogP contribution in [0.4, 0.5) is 5.69 Å². The van der Waals surface area contributed by atoms with Gasteiger partial charge in [0.25, 0.3) is 0 Å². The predicted octanol–water partition coefficient (Wildman–Crippen LogP) is 1.58. The largest absolute Gasteiger partial charge is 0.329 e. The average Bonchev–Trinajstić information content (AvgIpc) is 2.96. The van der Waals surface area contributed by atoms with E-state index < -0.39 is 5.41 Å². The second kappa shape index (κ2) is 6.65. The van der Waals surface area contributed by atoms with Gasteiger partial charge in [0.05, 0.1) is 5.41 Å². The van der Waals surface area contributed by atoms with Crippen LogP contribution in [0.1, 0.15) is 26.7 Å². The molecule has 1 heterocycles. The van der Waals surface area contributed by atoms with Crippen molar-refractivity contribution in [2.24, 2.45) is 18.2 Å². The normalized spacial score (nSPS) is 11.5. The molecule has 0 aliphatic rings. The third kappa shape index (κ3) is 2.99. The fraction of sp³-hybridized carbons (Fsp3) is 0.467. The molecule has 0 spiro atoms. The maximum absolute atomic E-state index is 12.6. The maximum Gasteiger partial charge on any atom is 0.231 e. The Morgan fingerprint density at radius 3 is 2.64 bits per heavy atom. The number of anilines is 1. The highest BCUT2D eigenvalue weighted by Crippen LogP contribution is 2.28. The Labute approximate surface area is 129 Å². The van der Waals surface area contributed by atoms with E-state index in [-0.39, 0.29) is 5.91 Å². The molecule has 0 unspecified atom stereocenters. The number of nitrogens with one attached hydrogen (secondary N) is 1. The Balaban J connectivity index is 2.24. The molecule has 3 N–H and O–H groups in total. The number of tetrazole rings is 1. The van der Waals surface area contributed by atoms with Gasteiger partial charge in [0.15, 0.2) is 5.82 Å². The Morgan fingerprint density at radius 2 is 2.09 bits per heavy atom. The summed E-state index contributed by atoms with van der Waals surface area (Å²) in [5, 5.41) is 14.4. The van der Waals surface area contributed by atoms with Gasteiger partial charge in [0.1, 0.15) is 0 Å². The molecule has 7 heteroatoms. The third-order valence-corrected chi connectivity index (χ3v) is 4.22. The number of aryl methyl sites for hydroxylation is 1. The SMILES string of the molecule is CCC(CC)(CN)C(=O)Nc1cccc(-c2nnnn2C)c1. The second-order valence-corrected chi connectivity index (χ2v) is 5.35. The van der Waals surface area contributed by atoms with E-state index in [2.05, 4.69) is 20.8 Å². The van der Waals surface area contributed by atoms with Gasteiger partial charge in [-0.2, -0.15) is 0 Å². The number of carbonyl (C=O) groups excluding carboxylic acids is 1. The van der Waals surface area contributed by atoms with E-state index in [1.807, 2.05) is 38.1 Å². The van der Waals surface area contributed by atoms with Crippen LogP contribution < -0.4 is 11.1 Å². The standard InChI is InChI=1S/C15H22N6O/c1-4-15(5-2,10-16)14(22)17-12-8-6-7-11(9-12)13-18-19-20-21(13)3/h6-9H,4-5,10,16H2,1-3H3,(H,17,22). The molecule has 0 atom stereocenters. The van der Waals surface area contributed by atoms with Crippen molar-refractivity contribution in [1.29, 1.82) is 0 Å². The Morgan fingerprint density at radius 1 is 1.36 bits per heavy atom. The molecule has 1 aromatic heterocycles. The first-order valence-electron chi connectivity index (χ1n) is 7.40. The van der Waals surface area contributed by atoms with Gasteiger partial charge < -0.3 is 11.1 Å². The molecule has 118 valence electrons. The van der Waals surface area contributed by atoms with Crippen LogP contribution in [0.15, 0.2) is 24.3 Å². The van der Waals surface area contributed by atoms with Gasteiger partial charge in [-0.05, 0) is 35.4 Å². The highest BCUT2D eigenvalue weighted by Gasteiger charge is 2.33. The van der Waals surface area contributed by atoms with Crippen LogP contribution in [0.5, 0.6) is 0 Å². The molecule has 0 saturated heterocycles. The molecule has 0 aliphatic heterocycles. The molecule has 0 bridgehead atoms. The van der Waals surface area contributed by atoms with Gasteiger partial charge in [-0.3, -0.25) is 4.79 Å². The van der Waals surface area contributed by atoms with Gasteiger partial charge in [0.2, 0.25) is 5.91 Å². The first kappa shape index (κ1) is 16.1. The van der Waals surface area contributed by atoms with E-state index in [0.29, 0.717) is 30.9 Å². The number of hydrogen-bond acceptors (Lipinski definition) is 5. The van der Waals surface area contributed by atoms with Crippen LogP contribution in [-0.2, 0) is 11.8 Å². The van der Waals surface area contributed by atoms with Crippen LogP contribution in [0.3, 0.4) is 0 Å². The highest BCUT2D eigenvalue weighted by atomic mass is 16.2. The fourth-order valence-corrected chi connectivity index (χ4v) is 2.43. The van der Waals surface area contributed by atoms with Crippen LogP contribution in [0.2, 0.25) is 0 Å². The summed E-state index contributed by atoms with van der Waals surface area (Å²) in [6.07, 6.45) is 1.41. The van der Waals surface area contributed by atoms with Crippen molar-refractivity contribution in [3.63, 3.8) is 0 Å². The summed E-state index contributed by atoms with van der Waals surface area (Å²) in [5.41, 5.74) is 6.85. The lowest BCUT2D eigenvalue weighted by molar-refractivity contribution is -0.125. The highest BCUT2D eigenvalue weighted by molar-refractivity contribution is 5.95. The molecule has 1 aromatic carbocycles. The van der Waals surface area contributed by atoms with Gasteiger partial charge in [-0.15, -0.1) is 5.10 Å². The number of rotatable bonds is 6. The quantitative estimate of drug-likeness (QED) is 0.844. The lowest BCUT2D eigenvalue weighted by Gasteiger charge is -2.28. The monoisotopic (exact) mass is 302 g/mol. The summed E-state index contributed by atoms with van der Waals surface area (Å²) in [4.78, 5) is 12.6. The second-order valence-electron chi connectivity index (χ2n) is 5.35. The lowest BCUT2D eigenvalue weighted by Crippen LogP contribution is -2.41. The number of carbonyl (C=O) groups is 1. The van der Waals surface area contributed by atoms with E-state index >= 15 is 0 Å². The van der Waals surface area contributed by atoms with Crippen molar-refractivity contribution in [1.82, 2.24) is 20.2 Å². The van der Waals surface area contributed by atoms with Crippen LogP contribution >= 0.6 is 0 Å². The van der Waals surface area contributed by atoms with Crippen molar-refractivity contribution >= 4 is 11.6 Å². The van der Waals surface area contributed by atoms with Crippen molar-refractivity contribution in [3.8, 4) is 11.4 Å². The van der Waals surface area contributed by atoms with E-state index in [9.17, 15) is 4.79 Å². The predicted molar refractivity (Wildman–Crippen MR) is 84.9 cm³/mol. The molecular weight excluding hydrogens is 280 g/mol.